The lowest BCUT2D eigenvalue weighted by Crippen LogP contribution is -2.26. The summed E-state index contributed by atoms with van der Waals surface area (Å²) in [6, 6.07) is 2.47. The van der Waals surface area contributed by atoms with Gasteiger partial charge in [0.25, 0.3) is 0 Å². The van der Waals surface area contributed by atoms with Gasteiger partial charge in [-0.1, -0.05) is 6.92 Å². The van der Waals surface area contributed by atoms with Crippen LogP contribution in [-0.4, -0.2) is 11.8 Å². The molecule has 3 nitrogen and oxygen atoms in total. The second-order valence-corrected chi connectivity index (χ2v) is 5.00. The van der Waals surface area contributed by atoms with Crippen molar-refractivity contribution in [3.05, 3.63) is 10.9 Å². The van der Waals surface area contributed by atoms with Crippen LogP contribution in [0.1, 0.15) is 42.3 Å². The maximum Gasteiger partial charge on any atom is 0.174 e. The lowest BCUT2D eigenvalue weighted by molar-refractivity contribution is 0.0993. The molecule has 3 N–H and O–H groups in total. The van der Waals surface area contributed by atoms with Crippen molar-refractivity contribution in [2.45, 2.75) is 38.6 Å². The molecule has 82 valence electrons. The number of Topliss-reactive ketones (excluding diaryl/α,β-unsaturated/α-hetero) is 1. The van der Waals surface area contributed by atoms with Gasteiger partial charge >= 0.3 is 0 Å². The van der Waals surface area contributed by atoms with Gasteiger partial charge in [0.1, 0.15) is 0 Å². The molecule has 1 saturated carbocycles. The Morgan fingerprint density at radius 1 is 1.67 bits per heavy atom. The first-order valence-corrected chi connectivity index (χ1v) is 6.21. The number of anilines is 2. The molecule has 4 heteroatoms. The van der Waals surface area contributed by atoms with Crippen molar-refractivity contribution in [3.63, 3.8) is 0 Å². The average molecular weight is 224 g/mol. The molecule has 0 aromatic carbocycles. The van der Waals surface area contributed by atoms with E-state index in [9.17, 15) is 4.79 Å². The SMILES string of the molecule is CCC(=O)c1sc(NC2CCC2)cc1N. The number of nitrogens with one attached hydrogen (secondary N) is 1. The summed E-state index contributed by atoms with van der Waals surface area (Å²) >= 11 is 1.48. The summed E-state index contributed by atoms with van der Waals surface area (Å²) in [5, 5.41) is 4.44. The number of nitrogens with two attached hydrogens (primary N) is 1. The van der Waals surface area contributed by atoms with Gasteiger partial charge in [0, 0.05) is 12.5 Å². The van der Waals surface area contributed by atoms with Gasteiger partial charge in [-0.3, -0.25) is 4.79 Å². The van der Waals surface area contributed by atoms with Gasteiger partial charge in [0.15, 0.2) is 5.78 Å². The highest BCUT2D eigenvalue weighted by Gasteiger charge is 2.19. The van der Waals surface area contributed by atoms with Crippen LogP contribution >= 0.6 is 11.3 Å². The molecule has 1 aliphatic carbocycles. The molecule has 0 bridgehead atoms. The third-order valence-electron chi connectivity index (χ3n) is 2.79. The van der Waals surface area contributed by atoms with E-state index in [1.165, 1.54) is 30.6 Å². The second-order valence-electron chi connectivity index (χ2n) is 3.94. The Hall–Kier alpha value is -1.03. The molecule has 1 heterocycles. The van der Waals surface area contributed by atoms with E-state index in [0.717, 1.165) is 5.00 Å². The van der Waals surface area contributed by atoms with Gasteiger partial charge in [-0.15, -0.1) is 11.3 Å². The molecule has 2 rings (SSSR count). The molecule has 0 spiro atoms. The van der Waals surface area contributed by atoms with Crippen LogP contribution in [0.2, 0.25) is 0 Å². The molecular weight excluding hydrogens is 208 g/mol. The smallest absolute Gasteiger partial charge is 0.174 e. The number of hydrogen-bond acceptors (Lipinski definition) is 4. The Kier molecular flexibility index (Phi) is 2.95. The fourth-order valence-electron chi connectivity index (χ4n) is 1.61. The van der Waals surface area contributed by atoms with Gasteiger partial charge < -0.3 is 11.1 Å². The van der Waals surface area contributed by atoms with Gasteiger partial charge in [-0.2, -0.15) is 0 Å². The molecule has 0 radical (unpaired) electrons. The van der Waals surface area contributed by atoms with Gasteiger partial charge in [0.2, 0.25) is 0 Å². The minimum Gasteiger partial charge on any atom is -0.397 e. The molecule has 0 amide bonds. The Morgan fingerprint density at radius 2 is 2.40 bits per heavy atom. The first-order chi connectivity index (χ1) is 7.20. The number of nitrogen functional groups attached to an aromatic ring is 1. The van der Waals surface area contributed by atoms with E-state index in [1.807, 2.05) is 13.0 Å². The first-order valence-electron chi connectivity index (χ1n) is 5.39. The number of rotatable bonds is 4. The molecule has 0 unspecified atom stereocenters. The van der Waals surface area contributed by atoms with Gasteiger partial charge in [0.05, 0.1) is 15.6 Å². The molecule has 0 atom stereocenters. The van der Waals surface area contributed by atoms with Crippen LogP contribution in [-0.2, 0) is 0 Å². The molecule has 15 heavy (non-hydrogen) atoms. The maximum absolute atomic E-state index is 11.5. The van der Waals surface area contributed by atoms with Crippen LogP contribution in [0.4, 0.5) is 10.7 Å². The normalized spacial score (nSPS) is 16.1. The highest BCUT2D eigenvalue weighted by atomic mass is 32.1. The van der Waals surface area contributed by atoms with E-state index >= 15 is 0 Å². The number of carbonyl (C=O) groups excluding carboxylic acids is 1. The summed E-state index contributed by atoms with van der Waals surface area (Å²) in [6.45, 7) is 1.86. The summed E-state index contributed by atoms with van der Waals surface area (Å²) in [7, 11) is 0. The number of hydrogen-bond donors (Lipinski definition) is 2. The highest BCUT2D eigenvalue weighted by Crippen LogP contribution is 2.33. The molecular formula is C11H16N2OS. The van der Waals surface area contributed by atoms with Crippen molar-refractivity contribution < 1.29 is 4.79 Å². The predicted octanol–water partition coefficient (Wildman–Crippen LogP) is 2.89. The third-order valence-corrected chi connectivity index (χ3v) is 3.91. The number of ketones is 1. The maximum atomic E-state index is 11.5. The molecule has 1 aromatic rings. The fourth-order valence-corrected chi connectivity index (χ4v) is 2.67. The molecule has 1 aromatic heterocycles. The van der Waals surface area contributed by atoms with E-state index in [1.54, 1.807) is 0 Å². The van der Waals surface area contributed by atoms with Crippen molar-refractivity contribution in [2.24, 2.45) is 0 Å². The van der Waals surface area contributed by atoms with Gasteiger partial charge in [-0.25, -0.2) is 0 Å². The minimum absolute atomic E-state index is 0.138. The van der Waals surface area contributed by atoms with Crippen LogP contribution < -0.4 is 11.1 Å². The monoisotopic (exact) mass is 224 g/mol. The second kappa shape index (κ2) is 4.23. The zero-order valence-electron chi connectivity index (χ0n) is 8.88. The Labute approximate surface area is 93.7 Å². The highest BCUT2D eigenvalue weighted by molar-refractivity contribution is 7.18. The third kappa shape index (κ3) is 2.15. The van der Waals surface area contributed by atoms with Crippen molar-refractivity contribution in [2.75, 3.05) is 11.1 Å². The van der Waals surface area contributed by atoms with Crippen LogP contribution in [0.25, 0.3) is 0 Å². The van der Waals surface area contributed by atoms with Crippen molar-refractivity contribution >= 4 is 27.8 Å². The first kappa shape index (κ1) is 10.5. The standard InChI is InChI=1S/C11H16N2OS/c1-2-9(14)11-8(12)6-10(15-11)13-7-4-3-5-7/h6-7,13H,2-5,12H2,1H3. The fraction of sp³-hybridized carbons (Fsp3) is 0.545. The molecule has 0 saturated heterocycles. The average Bonchev–Trinajstić information content (AvgIpc) is 2.52. The zero-order chi connectivity index (χ0) is 10.8. The van der Waals surface area contributed by atoms with E-state index in [-0.39, 0.29) is 5.78 Å². The zero-order valence-corrected chi connectivity index (χ0v) is 9.69. The van der Waals surface area contributed by atoms with Crippen molar-refractivity contribution in [1.29, 1.82) is 0 Å². The summed E-state index contributed by atoms with van der Waals surface area (Å²) < 4.78 is 0. The molecule has 1 fully saturated rings. The number of thiophene rings is 1. The largest absolute Gasteiger partial charge is 0.397 e. The minimum atomic E-state index is 0.138. The van der Waals surface area contributed by atoms with E-state index in [0.29, 0.717) is 23.0 Å². The molecule has 0 aliphatic heterocycles. The predicted molar refractivity (Wildman–Crippen MR) is 64.6 cm³/mol. The van der Waals surface area contributed by atoms with Crippen molar-refractivity contribution in [1.82, 2.24) is 0 Å². The van der Waals surface area contributed by atoms with Crippen LogP contribution in [0.15, 0.2) is 6.07 Å². The van der Waals surface area contributed by atoms with Gasteiger partial charge in [-0.05, 0) is 25.3 Å². The van der Waals surface area contributed by atoms with Crippen molar-refractivity contribution in [3.8, 4) is 0 Å². The lowest BCUT2D eigenvalue weighted by atomic mass is 9.93. The van der Waals surface area contributed by atoms with E-state index < -0.39 is 0 Å². The summed E-state index contributed by atoms with van der Waals surface area (Å²) in [6.07, 6.45) is 4.29. The number of carbonyl (C=O) groups is 1. The Bertz CT molecular complexity index is 369. The van der Waals surface area contributed by atoms with E-state index in [2.05, 4.69) is 5.32 Å². The summed E-state index contributed by atoms with van der Waals surface area (Å²) in [4.78, 5) is 12.2. The van der Waals surface area contributed by atoms with Crippen LogP contribution in [0.5, 0.6) is 0 Å². The molecule has 1 aliphatic rings. The Morgan fingerprint density at radius 3 is 2.93 bits per heavy atom. The summed E-state index contributed by atoms with van der Waals surface area (Å²) in [5.41, 5.74) is 6.42. The quantitative estimate of drug-likeness (QED) is 0.773. The van der Waals surface area contributed by atoms with Crippen LogP contribution in [0.3, 0.4) is 0 Å². The Balaban J connectivity index is 2.09. The lowest BCUT2D eigenvalue weighted by Gasteiger charge is -2.26. The summed E-state index contributed by atoms with van der Waals surface area (Å²) in [5.74, 6) is 0.138. The van der Waals surface area contributed by atoms with Crippen LogP contribution in [0, 0.1) is 0 Å². The topological polar surface area (TPSA) is 55.1 Å². The van der Waals surface area contributed by atoms with E-state index in [4.69, 9.17) is 5.73 Å².